The second kappa shape index (κ2) is 11.8. The Balaban J connectivity index is 1.51. The van der Waals surface area contributed by atoms with E-state index in [4.69, 9.17) is 14.3 Å². The Kier molecular flexibility index (Phi) is 8.15. The number of amides is 2. The Morgan fingerprint density at radius 3 is 2.56 bits per heavy atom. The van der Waals surface area contributed by atoms with Crippen molar-refractivity contribution in [3.63, 3.8) is 0 Å². The summed E-state index contributed by atoms with van der Waals surface area (Å²) < 4.78 is 10.4. The largest absolute Gasteiger partial charge is 0.467 e. The molecule has 2 aromatic rings. The molecule has 216 valence electrons. The Morgan fingerprint density at radius 2 is 1.80 bits per heavy atom. The van der Waals surface area contributed by atoms with E-state index < -0.39 is 41.6 Å². The molecule has 1 fully saturated rings. The number of rotatable bonds is 1. The molecule has 2 aromatic carbocycles. The minimum atomic E-state index is -0.923. The zero-order valence-electron chi connectivity index (χ0n) is 24.0. The van der Waals surface area contributed by atoms with Gasteiger partial charge in [-0.15, -0.1) is 0 Å². The highest BCUT2D eigenvalue weighted by Crippen LogP contribution is 2.38. The maximum Gasteiger partial charge on any atom is 0.407 e. The second-order valence-corrected chi connectivity index (χ2v) is 11.8. The van der Waals surface area contributed by atoms with Gasteiger partial charge in [0.25, 0.3) is 0 Å². The molecule has 0 aromatic heterocycles. The quantitative estimate of drug-likeness (QED) is 0.425. The molecule has 1 saturated heterocycles. The minimum Gasteiger partial charge on any atom is -0.467 e. The number of cyclic esters (lactones) is 1. The van der Waals surface area contributed by atoms with Crippen LogP contribution in [0.4, 0.5) is 4.79 Å². The van der Waals surface area contributed by atoms with Crippen LogP contribution in [0.1, 0.15) is 63.1 Å². The van der Waals surface area contributed by atoms with Crippen molar-refractivity contribution in [3.8, 4) is 11.1 Å². The molecule has 2 aliphatic heterocycles. The van der Waals surface area contributed by atoms with Gasteiger partial charge in [-0.2, -0.15) is 0 Å². The first-order valence-electron chi connectivity index (χ1n) is 14.1. The Bertz CT molecular complexity index is 1390. The van der Waals surface area contributed by atoms with Crippen molar-refractivity contribution >= 4 is 29.8 Å². The Hall–Kier alpha value is -4.14. The maximum atomic E-state index is 13.9. The molecule has 9 nitrogen and oxygen atoms in total. The monoisotopic (exact) mass is 559 g/mol. The third kappa shape index (κ3) is 5.99. The van der Waals surface area contributed by atoms with E-state index in [1.807, 2.05) is 39.0 Å². The van der Waals surface area contributed by atoms with E-state index in [1.54, 1.807) is 0 Å². The Morgan fingerprint density at radius 1 is 1.05 bits per heavy atom. The van der Waals surface area contributed by atoms with Crippen molar-refractivity contribution < 1.29 is 28.7 Å². The van der Waals surface area contributed by atoms with Crippen molar-refractivity contribution in [2.24, 2.45) is 10.6 Å². The van der Waals surface area contributed by atoms with Crippen LogP contribution in [-0.2, 0) is 23.9 Å². The molecule has 2 amide bonds. The molecule has 5 rings (SSSR count). The fourth-order valence-electron chi connectivity index (χ4n) is 5.59. The van der Waals surface area contributed by atoms with Gasteiger partial charge in [-0.3, -0.25) is 4.79 Å². The standard InChI is InChI=1S/C32H37N3O6/c1-32(2,3)28-29(36)35-19-21(18-26(35)30(37)39-4)41-34-27-24-13-9-8-12-22(24)23-15-14-20(17-25(23)27)11-7-5-6-10-16-40-31(38)33-28/h7-9,11-15,17,21,26,28H,5-6,10,16,18-19H2,1-4H3,(H,33,38)/b11-7+,34-27-/t21-,26+,28-/m1/s1. The summed E-state index contributed by atoms with van der Waals surface area (Å²) in [6.45, 7) is 5.93. The average molecular weight is 560 g/mol. The number of hydrogen-bond donors (Lipinski definition) is 1. The molecule has 2 heterocycles. The summed E-state index contributed by atoms with van der Waals surface area (Å²) in [6.07, 6.45) is 5.58. The number of oxime groups is 1. The smallest absolute Gasteiger partial charge is 0.407 e. The number of hydrogen-bond acceptors (Lipinski definition) is 7. The third-order valence-corrected chi connectivity index (χ3v) is 7.77. The first-order chi connectivity index (χ1) is 19.7. The van der Waals surface area contributed by atoms with Crippen molar-refractivity contribution in [2.75, 3.05) is 20.3 Å². The number of ether oxygens (including phenoxy) is 2. The summed E-state index contributed by atoms with van der Waals surface area (Å²) in [7, 11) is 1.29. The van der Waals surface area contributed by atoms with Crippen LogP contribution >= 0.6 is 0 Å². The number of carbonyl (C=O) groups is 3. The molecule has 41 heavy (non-hydrogen) atoms. The van der Waals surface area contributed by atoms with Crippen LogP contribution in [0.5, 0.6) is 0 Å². The summed E-state index contributed by atoms with van der Waals surface area (Å²) in [5.74, 6) is -0.942. The highest BCUT2D eigenvalue weighted by molar-refractivity contribution is 6.24. The molecule has 1 N–H and O–H groups in total. The topological polar surface area (TPSA) is 107 Å². The van der Waals surface area contributed by atoms with Gasteiger partial charge in [-0.1, -0.05) is 74.5 Å². The zero-order valence-corrected chi connectivity index (χ0v) is 24.0. The predicted molar refractivity (Wildman–Crippen MR) is 155 cm³/mol. The zero-order chi connectivity index (χ0) is 29.1. The molecule has 0 radical (unpaired) electrons. The van der Waals surface area contributed by atoms with Crippen LogP contribution < -0.4 is 5.32 Å². The van der Waals surface area contributed by atoms with Gasteiger partial charge in [-0.25, -0.2) is 9.59 Å². The van der Waals surface area contributed by atoms with Gasteiger partial charge in [-0.05, 0) is 47.4 Å². The van der Waals surface area contributed by atoms with Crippen molar-refractivity contribution in [1.82, 2.24) is 10.2 Å². The number of carbonyl (C=O) groups excluding carboxylic acids is 3. The lowest BCUT2D eigenvalue weighted by Gasteiger charge is -2.34. The van der Waals surface area contributed by atoms with E-state index >= 15 is 0 Å². The highest BCUT2D eigenvalue weighted by Gasteiger charge is 2.46. The molecule has 0 unspecified atom stereocenters. The number of esters is 1. The first kappa shape index (κ1) is 28.4. The molecule has 3 aliphatic rings. The molecule has 4 bridgehead atoms. The molecule has 0 spiro atoms. The summed E-state index contributed by atoms with van der Waals surface area (Å²) in [5, 5.41) is 7.36. The third-order valence-electron chi connectivity index (χ3n) is 7.77. The average Bonchev–Trinajstić information content (AvgIpc) is 3.51. The van der Waals surface area contributed by atoms with Crippen LogP contribution in [0.3, 0.4) is 0 Å². The van der Waals surface area contributed by atoms with E-state index in [0.717, 1.165) is 46.4 Å². The van der Waals surface area contributed by atoms with E-state index in [0.29, 0.717) is 6.42 Å². The number of alkyl carbamates (subject to hydrolysis) is 1. The lowest BCUT2D eigenvalue weighted by Crippen LogP contribution is -2.57. The molecule has 1 aliphatic carbocycles. The Labute approximate surface area is 240 Å². The number of nitrogens with one attached hydrogen (secondary N) is 1. The summed E-state index contributed by atoms with van der Waals surface area (Å²) >= 11 is 0. The maximum absolute atomic E-state index is 13.9. The van der Waals surface area contributed by atoms with Crippen molar-refractivity contribution in [2.45, 2.75) is 64.6 Å². The van der Waals surface area contributed by atoms with Gasteiger partial charge < -0.3 is 24.5 Å². The number of fused-ring (bicyclic) bond motifs is 6. The van der Waals surface area contributed by atoms with E-state index in [-0.39, 0.29) is 19.6 Å². The predicted octanol–water partition coefficient (Wildman–Crippen LogP) is 4.92. The van der Waals surface area contributed by atoms with Crippen LogP contribution in [0.25, 0.3) is 17.2 Å². The van der Waals surface area contributed by atoms with Crippen LogP contribution in [-0.4, -0.2) is 67.0 Å². The second-order valence-electron chi connectivity index (χ2n) is 11.8. The van der Waals surface area contributed by atoms with E-state index in [2.05, 4.69) is 46.9 Å². The van der Waals surface area contributed by atoms with Crippen molar-refractivity contribution in [1.29, 1.82) is 0 Å². The number of methoxy groups -OCH3 is 1. The number of benzene rings is 2. The summed E-state index contributed by atoms with van der Waals surface area (Å²) in [6, 6.07) is 12.6. The fourth-order valence-corrected chi connectivity index (χ4v) is 5.59. The lowest BCUT2D eigenvalue weighted by molar-refractivity contribution is -0.152. The summed E-state index contributed by atoms with van der Waals surface area (Å²) in [5.41, 5.74) is 5.23. The normalized spacial score (nSPS) is 25.1. The molecule has 9 heteroatoms. The van der Waals surface area contributed by atoms with Gasteiger partial charge in [0.05, 0.1) is 20.3 Å². The van der Waals surface area contributed by atoms with Crippen LogP contribution in [0, 0.1) is 5.41 Å². The fraction of sp³-hybridized carbons (Fsp3) is 0.438. The van der Waals surface area contributed by atoms with E-state index in [9.17, 15) is 14.4 Å². The van der Waals surface area contributed by atoms with Gasteiger partial charge >= 0.3 is 12.1 Å². The van der Waals surface area contributed by atoms with E-state index in [1.165, 1.54) is 12.0 Å². The summed E-state index contributed by atoms with van der Waals surface area (Å²) in [4.78, 5) is 46.8. The minimum absolute atomic E-state index is 0.121. The van der Waals surface area contributed by atoms with Gasteiger partial charge in [0, 0.05) is 17.5 Å². The van der Waals surface area contributed by atoms with Gasteiger partial charge in [0.2, 0.25) is 5.91 Å². The van der Waals surface area contributed by atoms with Gasteiger partial charge in [0.1, 0.15) is 23.9 Å². The van der Waals surface area contributed by atoms with Crippen LogP contribution in [0.15, 0.2) is 53.7 Å². The van der Waals surface area contributed by atoms with Crippen molar-refractivity contribution in [3.05, 3.63) is 65.2 Å². The SMILES string of the molecule is COC(=O)[C@@H]1C[C@@H]2CN1C(=O)[C@H](C(C)(C)C)NC(=O)OCCCC/C=C/c1ccc3c(c1)/C(=N\O2)c1ccccc1-3. The molecule has 0 saturated carbocycles. The molecular formula is C32H37N3O6. The first-order valence-corrected chi connectivity index (χ1v) is 14.1. The van der Waals surface area contributed by atoms with Crippen LogP contribution in [0.2, 0.25) is 0 Å². The highest BCUT2D eigenvalue weighted by atomic mass is 16.6. The van der Waals surface area contributed by atoms with Gasteiger partial charge in [0.15, 0.2) is 0 Å². The molecular weight excluding hydrogens is 522 g/mol. The lowest BCUT2D eigenvalue weighted by atomic mass is 9.85. The number of nitrogens with zero attached hydrogens (tertiary/aromatic N) is 2. The molecule has 3 atom stereocenters. The number of allylic oxidation sites excluding steroid dienone is 1.